The zero-order valence-corrected chi connectivity index (χ0v) is 23.0. The van der Waals surface area contributed by atoms with E-state index in [1.807, 2.05) is 48.5 Å². The summed E-state index contributed by atoms with van der Waals surface area (Å²) < 4.78 is 6.13. The van der Waals surface area contributed by atoms with Crippen molar-refractivity contribution in [2.45, 2.75) is 38.6 Å². The number of ether oxygens (including phenoxy) is 1. The number of fused-ring (bicyclic) bond motifs is 1. The number of amides is 3. The summed E-state index contributed by atoms with van der Waals surface area (Å²) in [6, 6.07) is 18.3. The molecule has 212 valence electrons. The van der Waals surface area contributed by atoms with Crippen LogP contribution in [0.5, 0.6) is 5.75 Å². The average molecular weight is 556 g/mol. The zero-order valence-electron chi connectivity index (χ0n) is 23.0. The van der Waals surface area contributed by atoms with Gasteiger partial charge in [-0.05, 0) is 41.8 Å². The molecule has 3 amide bonds. The number of benzene rings is 2. The molecule has 3 heterocycles. The Labute approximate surface area is 238 Å². The minimum atomic E-state index is -0.723. The number of piperazine rings is 1. The second kappa shape index (κ2) is 12.7. The summed E-state index contributed by atoms with van der Waals surface area (Å²) in [6.07, 6.45) is 2.90. The van der Waals surface area contributed by atoms with Gasteiger partial charge in [0.1, 0.15) is 30.5 Å². The van der Waals surface area contributed by atoms with Crippen molar-refractivity contribution in [1.82, 2.24) is 20.1 Å². The van der Waals surface area contributed by atoms with Crippen molar-refractivity contribution < 1.29 is 23.9 Å². The van der Waals surface area contributed by atoms with Crippen molar-refractivity contribution in [2.24, 2.45) is 0 Å². The molecule has 10 nitrogen and oxygen atoms in total. The number of nitrogens with zero attached hydrogens (tertiary/aromatic N) is 4. The van der Waals surface area contributed by atoms with Gasteiger partial charge in [0.15, 0.2) is 0 Å². The van der Waals surface area contributed by atoms with E-state index in [1.54, 1.807) is 23.2 Å². The molecule has 0 aliphatic carbocycles. The van der Waals surface area contributed by atoms with Crippen LogP contribution >= 0.6 is 0 Å². The highest BCUT2D eigenvalue weighted by Crippen LogP contribution is 2.33. The number of likely N-dealkylation sites (N-methyl/N-ethyl adjacent to an activating group) is 1. The van der Waals surface area contributed by atoms with Gasteiger partial charge in [0.2, 0.25) is 11.8 Å². The molecule has 2 aliphatic heterocycles. The molecule has 2 aliphatic rings. The predicted octanol–water partition coefficient (Wildman–Crippen LogP) is 2.56. The van der Waals surface area contributed by atoms with Crippen LogP contribution in [0.2, 0.25) is 0 Å². The lowest BCUT2D eigenvalue weighted by Crippen LogP contribution is -2.50. The SMILES string of the molecule is CNC(=O)C(CCC=O)N1Cc2c(OCc3ccc(CN4CCN(c5ccccn5)C(=O)C4)cc3)cccc2C1=O. The van der Waals surface area contributed by atoms with Crippen molar-refractivity contribution in [3.63, 3.8) is 0 Å². The van der Waals surface area contributed by atoms with Crippen LogP contribution in [0.4, 0.5) is 5.82 Å². The lowest BCUT2D eigenvalue weighted by molar-refractivity contribution is -0.125. The normalized spacial score (nSPS) is 15.9. The van der Waals surface area contributed by atoms with Crippen LogP contribution in [0, 0.1) is 0 Å². The summed E-state index contributed by atoms with van der Waals surface area (Å²) in [4.78, 5) is 58.9. The Bertz CT molecular complexity index is 1410. The third-order valence-corrected chi connectivity index (χ3v) is 7.49. The van der Waals surface area contributed by atoms with E-state index < -0.39 is 6.04 Å². The Morgan fingerprint density at radius 2 is 1.83 bits per heavy atom. The van der Waals surface area contributed by atoms with E-state index in [4.69, 9.17) is 4.74 Å². The lowest BCUT2D eigenvalue weighted by Gasteiger charge is -2.33. The van der Waals surface area contributed by atoms with Crippen LogP contribution in [0.1, 0.15) is 39.9 Å². The van der Waals surface area contributed by atoms with Gasteiger partial charge in [-0.1, -0.05) is 36.4 Å². The molecule has 0 saturated carbocycles. The first-order valence-corrected chi connectivity index (χ1v) is 13.7. The molecule has 1 unspecified atom stereocenters. The van der Waals surface area contributed by atoms with Gasteiger partial charge >= 0.3 is 0 Å². The fourth-order valence-electron chi connectivity index (χ4n) is 5.31. The third-order valence-electron chi connectivity index (χ3n) is 7.49. The van der Waals surface area contributed by atoms with Crippen LogP contribution < -0.4 is 15.0 Å². The molecule has 1 atom stereocenters. The van der Waals surface area contributed by atoms with Crippen LogP contribution in [-0.2, 0) is 34.1 Å². The number of rotatable bonds is 11. The number of aromatic nitrogens is 1. The summed E-state index contributed by atoms with van der Waals surface area (Å²) in [5.41, 5.74) is 3.32. The fraction of sp³-hybridized carbons (Fsp3) is 0.323. The number of carbonyl (C=O) groups is 4. The van der Waals surface area contributed by atoms with Gasteiger partial charge in [-0.3, -0.25) is 24.2 Å². The molecule has 1 N–H and O–H groups in total. The van der Waals surface area contributed by atoms with Gasteiger partial charge in [-0.2, -0.15) is 0 Å². The average Bonchev–Trinajstić information content (AvgIpc) is 3.33. The molecule has 0 spiro atoms. The van der Waals surface area contributed by atoms with Gasteiger partial charge < -0.3 is 19.7 Å². The molecule has 5 rings (SSSR count). The summed E-state index contributed by atoms with van der Waals surface area (Å²) in [6.45, 7) is 2.93. The Morgan fingerprint density at radius 3 is 2.54 bits per heavy atom. The molecule has 0 bridgehead atoms. The first kappa shape index (κ1) is 28.0. The Balaban J connectivity index is 1.18. The second-order valence-electron chi connectivity index (χ2n) is 10.1. The molecule has 1 saturated heterocycles. The number of anilines is 1. The predicted molar refractivity (Wildman–Crippen MR) is 152 cm³/mol. The van der Waals surface area contributed by atoms with E-state index in [0.29, 0.717) is 43.4 Å². The molecule has 3 aromatic rings. The van der Waals surface area contributed by atoms with Crippen molar-refractivity contribution >= 4 is 29.8 Å². The first-order valence-electron chi connectivity index (χ1n) is 13.7. The number of pyridine rings is 1. The van der Waals surface area contributed by atoms with Gasteiger partial charge in [0.05, 0.1) is 13.1 Å². The van der Waals surface area contributed by atoms with Gasteiger partial charge in [-0.25, -0.2) is 4.98 Å². The maximum atomic E-state index is 13.1. The maximum absolute atomic E-state index is 13.1. The summed E-state index contributed by atoms with van der Waals surface area (Å²) >= 11 is 0. The highest BCUT2D eigenvalue weighted by molar-refractivity contribution is 6.01. The van der Waals surface area contributed by atoms with E-state index in [2.05, 4.69) is 15.2 Å². The Hall–Kier alpha value is -4.57. The zero-order chi connectivity index (χ0) is 28.8. The van der Waals surface area contributed by atoms with Crippen molar-refractivity contribution in [3.8, 4) is 5.75 Å². The second-order valence-corrected chi connectivity index (χ2v) is 10.1. The van der Waals surface area contributed by atoms with E-state index in [9.17, 15) is 19.2 Å². The van der Waals surface area contributed by atoms with Crippen LogP contribution in [0.25, 0.3) is 0 Å². The van der Waals surface area contributed by atoms with Gasteiger partial charge in [0.25, 0.3) is 5.91 Å². The lowest BCUT2D eigenvalue weighted by atomic mass is 10.1. The van der Waals surface area contributed by atoms with Crippen LogP contribution in [-0.4, -0.2) is 71.5 Å². The smallest absolute Gasteiger partial charge is 0.255 e. The maximum Gasteiger partial charge on any atom is 0.255 e. The van der Waals surface area contributed by atoms with E-state index in [-0.39, 0.29) is 37.1 Å². The molecule has 2 aromatic carbocycles. The van der Waals surface area contributed by atoms with E-state index >= 15 is 0 Å². The van der Waals surface area contributed by atoms with E-state index in [0.717, 1.165) is 29.5 Å². The first-order chi connectivity index (χ1) is 20.0. The minimum Gasteiger partial charge on any atom is -0.489 e. The fourth-order valence-corrected chi connectivity index (χ4v) is 5.31. The van der Waals surface area contributed by atoms with Crippen molar-refractivity contribution in [3.05, 3.63) is 89.1 Å². The number of hydrogen-bond donors (Lipinski definition) is 1. The molecule has 1 aromatic heterocycles. The summed E-state index contributed by atoms with van der Waals surface area (Å²) in [7, 11) is 1.52. The van der Waals surface area contributed by atoms with Crippen molar-refractivity contribution in [1.29, 1.82) is 0 Å². The topological polar surface area (TPSA) is 112 Å². The largest absolute Gasteiger partial charge is 0.489 e. The van der Waals surface area contributed by atoms with Crippen molar-refractivity contribution in [2.75, 3.05) is 31.6 Å². The molecule has 1 fully saturated rings. The van der Waals surface area contributed by atoms with Gasteiger partial charge in [-0.15, -0.1) is 0 Å². The highest BCUT2D eigenvalue weighted by atomic mass is 16.5. The van der Waals surface area contributed by atoms with Crippen LogP contribution in [0.15, 0.2) is 66.9 Å². The molecular formula is C31H33N5O5. The van der Waals surface area contributed by atoms with Crippen LogP contribution in [0.3, 0.4) is 0 Å². The van der Waals surface area contributed by atoms with Gasteiger partial charge in [0, 0.05) is 50.4 Å². The highest BCUT2D eigenvalue weighted by Gasteiger charge is 2.37. The molecular weight excluding hydrogens is 522 g/mol. The summed E-state index contributed by atoms with van der Waals surface area (Å²) in [5.74, 6) is 0.783. The number of aldehydes is 1. The van der Waals surface area contributed by atoms with E-state index in [1.165, 1.54) is 11.9 Å². The quantitative estimate of drug-likeness (QED) is 0.362. The third kappa shape index (κ3) is 6.28. The monoisotopic (exact) mass is 555 g/mol. The summed E-state index contributed by atoms with van der Waals surface area (Å²) in [5, 5.41) is 2.60. The molecule has 0 radical (unpaired) electrons. The Kier molecular flexibility index (Phi) is 8.69. The molecule has 41 heavy (non-hydrogen) atoms. The Morgan fingerprint density at radius 1 is 1.02 bits per heavy atom. The number of carbonyl (C=O) groups excluding carboxylic acids is 4. The number of nitrogens with one attached hydrogen (secondary N) is 1. The molecule has 10 heteroatoms. The number of hydrogen-bond acceptors (Lipinski definition) is 7. The standard InChI is InChI=1S/C31H33N5O5/c1-32-30(39)26(7-5-17-37)36-19-25-24(31(36)40)6-4-8-27(25)41-21-23-12-10-22(11-13-23)18-34-15-16-35(29(38)20-34)28-9-2-3-14-33-28/h2-4,6,8-14,17,26H,5,7,15-16,18-21H2,1H3,(H,32,39). The minimum absolute atomic E-state index is 0.0396.